The van der Waals surface area contributed by atoms with E-state index in [0.717, 1.165) is 12.8 Å². The van der Waals surface area contributed by atoms with Crippen molar-refractivity contribution in [3.8, 4) is 0 Å². The quantitative estimate of drug-likeness (QED) is 0.683. The van der Waals surface area contributed by atoms with E-state index in [2.05, 4.69) is 23.4 Å². The van der Waals surface area contributed by atoms with Gasteiger partial charge in [-0.2, -0.15) is 0 Å². The van der Waals surface area contributed by atoms with Gasteiger partial charge in [0.05, 0.1) is 6.20 Å². The lowest BCUT2D eigenvalue weighted by Gasteiger charge is -2.08. The highest BCUT2D eigenvalue weighted by Gasteiger charge is 2.13. The van der Waals surface area contributed by atoms with E-state index in [0.29, 0.717) is 17.2 Å². The molecule has 0 saturated heterocycles. The van der Waals surface area contributed by atoms with E-state index in [1.165, 1.54) is 11.5 Å². The molecule has 0 aliphatic rings. The first-order chi connectivity index (χ1) is 6.27. The van der Waals surface area contributed by atoms with Crippen molar-refractivity contribution in [1.29, 1.82) is 0 Å². The molecule has 0 spiro atoms. The van der Waals surface area contributed by atoms with Gasteiger partial charge in [-0.05, 0) is 17.5 Å². The van der Waals surface area contributed by atoms with Gasteiger partial charge in [0.25, 0.3) is 0 Å². The Bertz CT molecular complexity index is 255. The topological polar surface area (TPSA) is 42.9 Å². The normalized spacial score (nSPS) is 10.7. The number of hydrogen-bond acceptors (Lipinski definition) is 4. The maximum absolute atomic E-state index is 11.6. The average molecular weight is 198 g/mol. The molecular weight excluding hydrogens is 184 g/mol. The number of aromatic nitrogens is 2. The summed E-state index contributed by atoms with van der Waals surface area (Å²) >= 11 is 1.18. The molecule has 1 aromatic heterocycles. The third-order valence-corrected chi connectivity index (χ3v) is 2.97. The van der Waals surface area contributed by atoms with Crippen LogP contribution in [0, 0.1) is 5.92 Å². The first-order valence-electron chi connectivity index (χ1n) is 4.58. The van der Waals surface area contributed by atoms with Crippen molar-refractivity contribution >= 4 is 17.3 Å². The molecule has 0 atom stereocenters. The lowest BCUT2D eigenvalue weighted by molar-refractivity contribution is 0.0962. The van der Waals surface area contributed by atoms with E-state index < -0.39 is 0 Å². The molecule has 0 aliphatic carbocycles. The monoisotopic (exact) mass is 198 g/mol. The van der Waals surface area contributed by atoms with Gasteiger partial charge in [0.1, 0.15) is 4.88 Å². The summed E-state index contributed by atoms with van der Waals surface area (Å²) in [7, 11) is 0. The molecule has 0 fully saturated rings. The molecule has 1 aromatic rings. The molecule has 0 bridgehead atoms. The van der Waals surface area contributed by atoms with E-state index in [1.54, 1.807) is 6.20 Å². The van der Waals surface area contributed by atoms with Gasteiger partial charge in [-0.25, -0.2) is 0 Å². The first kappa shape index (κ1) is 10.3. The van der Waals surface area contributed by atoms with Crippen LogP contribution in [0.4, 0.5) is 0 Å². The third-order valence-electron chi connectivity index (χ3n) is 2.26. The minimum absolute atomic E-state index is 0.184. The minimum atomic E-state index is 0.184. The summed E-state index contributed by atoms with van der Waals surface area (Å²) < 4.78 is 3.67. The summed E-state index contributed by atoms with van der Waals surface area (Å²) in [4.78, 5) is 12.3. The van der Waals surface area contributed by atoms with Crippen LogP contribution < -0.4 is 0 Å². The molecule has 0 aliphatic heterocycles. The van der Waals surface area contributed by atoms with E-state index in [-0.39, 0.29) is 5.78 Å². The molecular formula is C9H14N2OS. The second-order valence-electron chi connectivity index (χ2n) is 3.09. The zero-order valence-corrected chi connectivity index (χ0v) is 8.80. The molecule has 0 radical (unpaired) electrons. The van der Waals surface area contributed by atoms with Gasteiger partial charge in [0, 0.05) is 6.42 Å². The fraction of sp³-hybridized carbons (Fsp3) is 0.667. The smallest absolute Gasteiger partial charge is 0.176 e. The van der Waals surface area contributed by atoms with Crippen molar-refractivity contribution in [2.24, 2.45) is 5.92 Å². The van der Waals surface area contributed by atoms with Crippen molar-refractivity contribution in [2.45, 2.75) is 33.1 Å². The third kappa shape index (κ3) is 2.88. The molecule has 0 amide bonds. The summed E-state index contributed by atoms with van der Waals surface area (Å²) in [6.45, 7) is 4.23. The van der Waals surface area contributed by atoms with Crippen LogP contribution in [0.2, 0.25) is 0 Å². The highest BCUT2D eigenvalue weighted by molar-refractivity contribution is 7.07. The molecule has 72 valence electrons. The fourth-order valence-corrected chi connectivity index (χ4v) is 1.69. The van der Waals surface area contributed by atoms with Crippen LogP contribution >= 0.6 is 11.5 Å². The molecule has 0 aromatic carbocycles. The van der Waals surface area contributed by atoms with Crippen LogP contribution in [0.15, 0.2) is 6.20 Å². The largest absolute Gasteiger partial charge is 0.293 e. The minimum Gasteiger partial charge on any atom is -0.293 e. The number of ketones is 1. The lowest BCUT2D eigenvalue weighted by atomic mass is 9.97. The second kappa shape index (κ2) is 5.07. The Kier molecular flexibility index (Phi) is 4.02. The molecule has 3 nitrogen and oxygen atoms in total. The maximum Gasteiger partial charge on any atom is 0.176 e. The molecule has 0 unspecified atom stereocenters. The molecule has 13 heavy (non-hydrogen) atoms. The predicted octanol–water partition coefficient (Wildman–Crippen LogP) is 2.55. The number of nitrogens with zero attached hydrogens (tertiary/aromatic N) is 2. The Labute approximate surface area is 82.3 Å². The van der Waals surface area contributed by atoms with Gasteiger partial charge in [-0.3, -0.25) is 4.79 Å². The predicted molar refractivity (Wildman–Crippen MR) is 52.9 cm³/mol. The van der Waals surface area contributed by atoms with E-state index in [1.807, 2.05) is 0 Å². The summed E-state index contributed by atoms with van der Waals surface area (Å²) in [5.74, 6) is 0.693. The Hall–Kier alpha value is -0.770. The van der Waals surface area contributed by atoms with Crippen LogP contribution in [0.3, 0.4) is 0 Å². The Morgan fingerprint density at radius 2 is 2.23 bits per heavy atom. The van der Waals surface area contributed by atoms with Gasteiger partial charge in [-0.1, -0.05) is 31.2 Å². The first-order valence-corrected chi connectivity index (χ1v) is 5.35. The van der Waals surface area contributed by atoms with Crippen LogP contribution in [-0.4, -0.2) is 15.4 Å². The van der Waals surface area contributed by atoms with Gasteiger partial charge in [-0.15, -0.1) is 5.10 Å². The summed E-state index contributed by atoms with van der Waals surface area (Å²) in [5.41, 5.74) is 0. The van der Waals surface area contributed by atoms with Crippen molar-refractivity contribution in [1.82, 2.24) is 9.59 Å². The zero-order valence-electron chi connectivity index (χ0n) is 7.99. The van der Waals surface area contributed by atoms with Gasteiger partial charge >= 0.3 is 0 Å². The number of carbonyl (C=O) groups excluding carboxylic acids is 1. The SMILES string of the molecule is CCC(CC)CC(=O)c1cnns1. The highest BCUT2D eigenvalue weighted by atomic mass is 32.1. The van der Waals surface area contributed by atoms with Crippen molar-refractivity contribution < 1.29 is 4.79 Å². The summed E-state index contributed by atoms with van der Waals surface area (Å²) in [6.07, 6.45) is 4.31. The Balaban J connectivity index is 2.50. The van der Waals surface area contributed by atoms with Crippen LogP contribution in [0.5, 0.6) is 0 Å². The van der Waals surface area contributed by atoms with Gasteiger partial charge < -0.3 is 0 Å². The standard InChI is InChI=1S/C9H14N2OS/c1-3-7(4-2)5-8(12)9-6-10-11-13-9/h6-7H,3-5H2,1-2H3. The van der Waals surface area contributed by atoms with E-state index in [9.17, 15) is 4.79 Å². The summed E-state index contributed by atoms with van der Waals surface area (Å²) in [6, 6.07) is 0. The van der Waals surface area contributed by atoms with Gasteiger partial charge in [0.2, 0.25) is 0 Å². The number of hydrogen-bond donors (Lipinski definition) is 0. The number of rotatable bonds is 5. The van der Waals surface area contributed by atoms with Crippen LogP contribution in [0.25, 0.3) is 0 Å². The van der Waals surface area contributed by atoms with Crippen molar-refractivity contribution in [3.05, 3.63) is 11.1 Å². The summed E-state index contributed by atoms with van der Waals surface area (Å²) in [5, 5.41) is 3.65. The van der Waals surface area contributed by atoms with Gasteiger partial charge in [0.15, 0.2) is 5.78 Å². The number of Topliss-reactive ketones (excluding diaryl/α,β-unsaturated/α-hetero) is 1. The van der Waals surface area contributed by atoms with Crippen molar-refractivity contribution in [3.63, 3.8) is 0 Å². The maximum atomic E-state index is 11.6. The Morgan fingerprint density at radius 1 is 1.54 bits per heavy atom. The van der Waals surface area contributed by atoms with Crippen molar-refractivity contribution in [2.75, 3.05) is 0 Å². The van der Waals surface area contributed by atoms with E-state index in [4.69, 9.17) is 0 Å². The molecule has 0 N–H and O–H groups in total. The van der Waals surface area contributed by atoms with Crippen LogP contribution in [0.1, 0.15) is 42.8 Å². The zero-order chi connectivity index (χ0) is 9.68. The van der Waals surface area contributed by atoms with Crippen LogP contribution in [-0.2, 0) is 0 Å². The average Bonchev–Trinajstić information content (AvgIpc) is 2.66. The molecule has 4 heteroatoms. The molecule has 0 saturated carbocycles. The fourth-order valence-electron chi connectivity index (χ4n) is 1.23. The molecule has 1 rings (SSSR count). The Morgan fingerprint density at radius 3 is 2.69 bits per heavy atom. The highest BCUT2D eigenvalue weighted by Crippen LogP contribution is 2.17. The second-order valence-corrected chi connectivity index (χ2v) is 3.88. The number of carbonyl (C=O) groups is 1. The van der Waals surface area contributed by atoms with E-state index >= 15 is 0 Å². The lowest BCUT2D eigenvalue weighted by Crippen LogP contribution is -2.05. The molecule has 1 heterocycles.